The smallest absolute Gasteiger partial charge is 0.271 e. The third kappa shape index (κ3) is 2.30. The molecule has 5 nitrogen and oxygen atoms in total. The molecule has 0 aliphatic rings. The van der Waals surface area contributed by atoms with Gasteiger partial charge in [-0.2, -0.15) is 0 Å². The highest BCUT2D eigenvalue weighted by atomic mass is 35.5. The Morgan fingerprint density at radius 1 is 1.67 bits per heavy atom. The summed E-state index contributed by atoms with van der Waals surface area (Å²) in [7, 11) is 1.73. The van der Waals surface area contributed by atoms with E-state index < -0.39 is 5.54 Å². The number of anilines is 1. The molecule has 84 valence electrons. The van der Waals surface area contributed by atoms with Crippen LogP contribution in [0.5, 0.6) is 0 Å². The van der Waals surface area contributed by atoms with Crippen LogP contribution in [0.4, 0.5) is 5.82 Å². The van der Waals surface area contributed by atoms with Crippen LogP contribution in [0.2, 0.25) is 5.02 Å². The second kappa shape index (κ2) is 4.20. The van der Waals surface area contributed by atoms with Gasteiger partial charge in [0.05, 0.1) is 18.5 Å². The Balaban J connectivity index is 3.17. The van der Waals surface area contributed by atoms with Crippen LogP contribution in [-0.4, -0.2) is 34.3 Å². The van der Waals surface area contributed by atoms with Crippen molar-refractivity contribution in [1.29, 1.82) is 0 Å². The van der Waals surface area contributed by atoms with Crippen molar-refractivity contribution in [2.45, 2.75) is 19.4 Å². The number of hydrogen-bond donors (Lipinski definition) is 2. The van der Waals surface area contributed by atoms with Crippen molar-refractivity contribution in [3.63, 3.8) is 0 Å². The van der Waals surface area contributed by atoms with Gasteiger partial charge in [0.25, 0.3) is 5.56 Å². The second-order valence-corrected chi connectivity index (χ2v) is 4.28. The van der Waals surface area contributed by atoms with E-state index in [9.17, 15) is 9.90 Å². The van der Waals surface area contributed by atoms with Gasteiger partial charge in [-0.15, -0.1) is 0 Å². The van der Waals surface area contributed by atoms with Crippen molar-refractivity contribution in [3.8, 4) is 0 Å². The Kier molecular flexibility index (Phi) is 3.36. The van der Waals surface area contributed by atoms with Crippen LogP contribution in [0.1, 0.15) is 13.8 Å². The molecule has 0 radical (unpaired) electrons. The molecule has 0 aromatic carbocycles. The fraction of sp³-hybridized carbons (Fsp3) is 0.556. The van der Waals surface area contributed by atoms with Gasteiger partial charge in [-0.3, -0.25) is 4.79 Å². The lowest BCUT2D eigenvalue weighted by Crippen LogP contribution is -2.45. The standard InChI is InChI=1S/C9H14ClN3O2/c1-9(2,4-14)13(3)7-6(10)8(15)12-5-11-7/h5,14H,4H2,1-3H3,(H,11,12,15). The number of aromatic amines is 1. The molecule has 0 atom stereocenters. The van der Waals surface area contributed by atoms with Crippen molar-refractivity contribution in [2.24, 2.45) is 0 Å². The third-order valence-corrected chi connectivity index (χ3v) is 2.73. The lowest BCUT2D eigenvalue weighted by Gasteiger charge is -2.34. The van der Waals surface area contributed by atoms with Crippen molar-refractivity contribution in [3.05, 3.63) is 21.7 Å². The van der Waals surface area contributed by atoms with E-state index in [4.69, 9.17) is 11.6 Å². The van der Waals surface area contributed by atoms with Gasteiger partial charge in [0, 0.05) is 7.05 Å². The molecule has 0 saturated carbocycles. The summed E-state index contributed by atoms with van der Waals surface area (Å²) in [5, 5.41) is 9.22. The first-order valence-corrected chi connectivity index (χ1v) is 4.86. The van der Waals surface area contributed by atoms with Gasteiger partial charge in [-0.1, -0.05) is 11.6 Å². The van der Waals surface area contributed by atoms with Crippen LogP contribution in [-0.2, 0) is 0 Å². The van der Waals surface area contributed by atoms with E-state index in [1.165, 1.54) is 6.33 Å². The Labute approximate surface area is 92.7 Å². The predicted molar refractivity (Wildman–Crippen MR) is 59.4 cm³/mol. The molecule has 0 aliphatic heterocycles. The average Bonchev–Trinajstić information content (AvgIpc) is 2.21. The lowest BCUT2D eigenvalue weighted by atomic mass is 10.1. The minimum atomic E-state index is -0.523. The number of aliphatic hydroxyl groups excluding tert-OH is 1. The van der Waals surface area contributed by atoms with Gasteiger partial charge in [0.2, 0.25) is 0 Å². The Hall–Kier alpha value is -1.07. The summed E-state index contributed by atoms with van der Waals surface area (Å²) in [5.74, 6) is 0.361. The first-order valence-electron chi connectivity index (χ1n) is 4.48. The maximum Gasteiger partial charge on any atom is 0.271 e. The molecule has 1 aromatic rings. The monoisotopic (exact) mass is 231 g/mol. The summed E-state index contributed by atoms with van der Waals surface area (Å²) in [6.07, 6.45) is 1.29. The molecule has 15 heavy (non-hydrogen) atoms. The molecule has 2 N–H and O–H groups in total. The maximum absolute atomic E-state index is 11.2. The van der Waals surface area contributed by atoms with E-state index in [1.54, 1.807) is 11.9 Å². The first-order chi connectivity index (χ1) is 6.90. The molecule has 1 heterocycles. The zero-order valence-corrected chi connectivity index (χ0v) is 9.67. The number of aromatic nitrogens is 2. The minimum Gasteiger partial charge on any atom is -0.394 e. The highest BCUT2D eigenvalue weighted by Gasteiger charge is 2.26. The zero-order chi connectivity index (χ0) is 11.6. The normalized spacial score (nSPS) is 11.5. The zero-order valence-electron chi connectivity index (χ0n) is 8.91. The average molecular weight is 232 g/mol. The quantitative estimate of drug-likeness (QED) is 0.801. The van der Waals surface area contributed by atoms with Crippen LogP contribution in [0.25, 0.3) is 0 Å². The van der Waals surface area contributed by atoms with Gasteiger partial charge in [0.1, 0.15) is 5.02 Å². The van der Waals surface area contributed by atoms with Crippen molar-refractivity contribution in [2.75, 3.05) is 18.6 Å². The molecule has 6 heteroatoms. The van der Waals surface area contributed by atoms with Crippen LogP contribution in [0, 0.1) is 0 Å². The van der Waals surface area contributed by atoms with E-state index in [2.05, 4.69) is 9.97 Å². The number of nitrogens with zero attached hydrogens (tertiary/aromatic N) is 2. The van der Waals surface area contributed by atoms with Crippen LogP contribution < -0.4 is 10.5 Å². The fourth-order valence-electron chi connectivity index (χ4n) is 1.00. The second-order valence-electron chi connectivity index (χ2n) is 3.90. The molecule has 0 unspecified atom stereocenters. The Bertz CT molecular complexity index is 403. The van der Waals surface area contributed by atoms with Crippen LogP contribution in [0.3, 0.4) is 0 Å². The summed E-state index contributed by atoms with van der Waals surface area (Å²) < 4.78 is 0. The van der Waals surface area contributed by atoms with E-state index >= 15 is 0 Å². The largest absolute Gasteiger partial charge is 0.394 e. The number of likely N-dealkylation sites (N-methyl/N-ethyl adjacent to an activating group) is 1. The van der Waals surface area contributed by atoms with E-state index in [0.29, 0.717) is 5.82 Å². The van der Waals surface area contributed by atoms with Gasteiger partial charge >= 0.3 is 0 Å². The summed E-state index contributed by atoms with van der Waals surface area (Å²) in [4.78, 5) is 19.3. The Morgan fingerprint density at radius 3 is 2.80 bits per heavy atom. The molecule has 1 rings (SSSR count). The maximum atomic E-state index is 11.2. The first kappa shape index (κ1) is 12.0. The highest BCUT2D eigenvalue weighted by molar-refractivity contribution is 6.32. The van der Waals surface area contributed by atoms with Crippen molar-refractivity contribution < 1.29 is 5.11 Å². The molecule has 0 aliphatic carbocycles. The molecule has 0 amide bonds. The lowest BCUT2D eigenvalue weighted by molar-refractivity contribution is 0.215. The highest BCUT2D eigenvalue weighted by Crippen LogP contribution is 2.23. The SMILES string of the molecule is CN(c1nc[nH]c(=O)c1Cl)C(C)(C)CO. The molecule has 0 bridgehead atoms. The molecule has 1 aromatic heterocycles. The van der Waals surface area contributed by atoms with E-state index in [1.807, 2.05) is 13.8 Å². The number of halogens is 1. The number of rotatable bonds is 3. The molecular weight excluding hydrogens is 218 g/mol. The molecule has 0 saturated heterocycles. The number of aliphatic hydroxyl groups is 1. The van der Waals surface area contributed by atoms with E-state index in [0.717, 1.165) is 0 Å². The third-order valence-electron chi connectivity index (χ3n) is 2.39. The van der Waals surface area contributed by atoms with Crippen LogP contribution in [0.15, 0.2) is 11.1 Å². The Morgan fingerprint density at radius 2 is 2.27 bits per heavy atom. The van der Waals surface area contributed by atoms with Crippen LogP contribution >= 0.6 is 11.6 Å². The van der Waals surface area contributed by atoms with Crippen molar-refractivity contribution in [1.82, 2.24) is 9.97 Å². The van der Waals surface area contributed by atoms with Crippen molar-refractivity contribution >= 4 is 17.4 Å². The molecular formula is C9H14ClN3O2. The minimum absolute atomic E-state index is 0.0292. The summed E-state index contributed by atoms with van der Waals surface area (Å²) in [6.45, 7) is 3.59. The number of hydrogen-bond acceptors (Lipinski definition) is 4. The molecule has 0 spiro atoms. The van der Waals surface area contributed by atoms with Gasteiger partial charge in [-0.25, -0.2) is 4.98 Å². The predicted octanol–water partition coefficient (Wildman–Crippen LogP) is 0.630. The topological polar surface area (TPSA) is 69.2 Å². The van der Waals surface area contributed by atoms with Gasteiger partial charge in [-0.05, 0) is 13.8 Å². The summed E-state index contributed by atoms with van der Waals surface area (Å²) in [5.41, 5.74) is -0.910. The fourth-order valence-corrected chi connectivity index (χ4v) is 1.23. The number of H-pyrrole nitrogens is 1. The van der Waals surface area contributed by atoms with Gasteiger partial charge < -0.3 is 15.0 Å². The molecule has 0 fully saturated rings. The number of nitrogens with one attached hydrogen (secondary N) is 1. The van der Waals surface area contributed by atoms with E-state index in [-0.39, 0.29) is 17.2 Å². The summed E-state index contributed by atoms with van der Waals surface area (Å²) in [6, 6.07) is 0. The summed E-state index contributed by atoms with van der Waals surface area (Å²) >= 11 is 5.82. The van der Waals surface area contributed by atoms with Gasteiger partial charge in [0.15, 0.2) is 5.82 Å².